The standard InChI is InChI=1S/C11H9Br2NO2/c1-2-16-11(15)10-7(5-12)3-4-9(13)8(10)6-14/h3-4H,2,5H2,1H3. The summed E-state index contributed by atoms with van der Waals surface area (Å²) in [5.41, 5.74) is 1.39. The average Bonchev–Trinajstić information content (AvgIpc) is 2.28. The molecule has 0 unspecified atom stereocenters. The highest BCUT2D eigenvalue weighted by molar-refractivity contribution is 9.10. The summed E-state index contributed by atoms with van der Waals surface area (Å²) in [6.45, 7) is 2.02. The molecule has 0 amide bonds. The lowest BCUT2D eigenvalue weighted by molar-refractivity contribution is 0.0525. The molecule has 0 saturated heterocycles. The lowest BCUT2D eigenvalue weighted by atomic mass is 10.0. The number of carbonyl (C=O) groups excluding carboxylic acids is 1. The van der Waals surface area contributed by atoms with Crippen molar-refractivity contribution in [2.75, 3.05) is 6.61 Å². The average molecular weight is 347 g/mol. The summed E-state index contributed by atoms with van der Waals surface area (Å²) in [7, 11) is 0. The Hall–Kier alpha value is -0.860. The van der Waals surface area contributed by atoms with E-state index >= 15 is 0 Å². The van der Waals surface area contributed by atoms with Crippen molar-refractivity contribution >= 4 is 37.8 Å². The molecule has 0 aliphatic carbocycles. The highest BCUT2D eigenvalue weighted by Gasteiger charge is 2.19. The Balaban J connectivity index is 3.37. The molecular weight excluding hydrogens is 338 g/mol. The summed E-state index contributed by atoms with van der Waals surface area (Å²) < 4.78 is 5.54. The number of ether oxygens (including phenoxy) is 1. The third kappa shape index (κ3) is 2.63. The zero-order valence-corrected chi connectivity index (χ0v) is 11.8. The molecule has 0 aliphatic rings. The minimum absolute atomic E-state index is 0.290. The van der Waals surface area contributed by atoms with E-state index in [9.17, 15) is 4.79 Å². The van der Waals surface area contributed by atoms with E-state index in [0.29, 0.717) is 20.9 Å². The van der Waals surface area contributed by atoms with Gasteiger partial charge in [0.15, 0.2) is 0 Å². The van der Waals surface area contributed by atoms with Crippen molar-refractivity contribution in [2.45, 2.75) is 12.3 Å². The number of benzene rings is 1. The van der Waals surface area contributed by atoms with E-state index in [-0.39, 0.29) is 6.61 Å². The molecule has 0 radical (unpaired) electrons. The molecule has 0 aliphatic heterocycles. The highest BCUT2D eigenvalue weighted by atomic mass is 79.9. The number of nitriles is 1. The Bertz CT molecular complexity index is 452. The zero-order valence-electron chi connectivity index (χ0n) is 8.59. The van der Waals surface area contributed by atoms with Crippen LogP contribution in [0, 0.1) is 11.3 Å². The Kier molecular flexibility index (Phi) is 4.97. The predicted molar refractivity (Wildman–Crippen MR) is 67.4 cm³/mol. The molecule has 0 N–H and O–H groups in total. The molecule has 3 nitrogen and oxygen atoms in total. The first-order valence-electron chi connectivity index (χ1n) is 4.60. The van der Waals surface area contributed by atoms with Gasteiger partial charge in [0, 0.05) is 9.80 Å². The van der Waals surface area contributed by atoms with Crippen LogP contribution in [-0.2, 0) is 10.1 Å². The van der Waals surface area contributed by atoms with Crippen LogP contribution < -0.4 is 0 Å². The fraction of sp³-hybridized carbons (Fsp3) is 0.273. The van der Waals surface area contributed by atoms with Gasteiger partial charge in [-0.2, -0.15) is 5.26 Å². The van der Waals surface area contributed by atoms with Crippen molar-refractivity contribution in [2.24, 2.45) is 0 Å². The number of alkyl halides is 1. The Morgan fingerprint density at radius 3 is 2.75 bits per heavy atom. The third-order valence-electron chi connectivity index (χ3n) is 1.98. The quantitative estimate of drug-likeness (QED) is 0.622. The van der Waals surface area contributed by atoms with Gasteiger partial charge in [-0.05, 0) is 34.5 Å². The van der Waals surface area contributed by atoms with Crippen LogP contribution in [0.5, 0.6) is 0 Å². The minimum atomic E-state index is -0.463. The van der Waals surface area contributed by atoms with Crippen molar-refractivity contribution < 1.29 is 9.53 Å². The third-order valence-corrected chi connectivity index (χ3v) is 3.24. The number of carbonyl (C=O) groups is 1. The smallest absolute Gasteiger partial charge is 0.339 e. The second-order valence-electron chi connectivity index (χ2n) is 2.92. The van der Waals surface area contributed by atoms with E-state index < -0.39 is 5.97 Å². The van der Waals surface area contributed by atoms with Crippen LogP contribution in [0.4, 0.5) is 0 Å². The predicted octanol–water partition coefficient (Wildman–Crippen LogP) is 3.39. The monoisotopic (exact) mass is 345 g/mol. The van der Waals surface area contributed by atoms with Gasteiger partial charge in [-0.3, -0.25) is 0 Å². The number of hydrogen-bond acceptors (Lipinski definition) is 3. The van der Waals surface area contributed by atoms with Crippen LogP contribution in [0.1, 0.15) is 28.4 Å². The normalized spacial score (nSPS) is 9.62. The number of hydrogen-bond donors (Lipinski definition) is 0. The first kappa shape index (κ1) is 13.2. The Morgan fingerprint density at radius 1 is 1.56 bits per heavy atom. The summed E-state index contributed by atoms with van der Waals surface area (Å²) >= 11 is 6.53. The van der Waals surface area contributed by atoms with Crippen molar-refractivity contribution in [1.82, 2.24) is 0 Å². The molecule has 0 bridgehead atoms. The van der Waals surface area contributed by atoms with E-state index in [1.54, 1.807) is 19.1 Å². The summed E-state index contributed by atoms with van der Waals surface area (Å²) in [5, 5.41) is 9.54. The molecule has 0 fully saturated rings. The first-order chi connectivity index (χ1) is 7.65. The maximum absolute atomic E-state index is 11.7. The molecule has 0 spiro atoms. The van der Waals surface area contributed by atoms with Crippen molar-refractivity contribution in [3.8, 4) is 6.07 Å². The molecule has 0 aromatic heterocycles. The molecule has 0 atom stereocenters. The van der Waals surface area contributed by atoms with Crippen LogP contribution in [0.3, 0.4) is 0 Å². The Labute approximate surface area is 111 Å². The number of esters is 1. The number of rotatable bonds is 3. The van der Waals surface area contributed by atoms with Crippen LogP contribution in [-0.4, -0.2) is 12.6 Å². The molecule has 0 heterocycles. The van der Waals surface area contributed by atoms with Gasteiger partial charge in [0.25, 0.3) is 0 Å². The SMILES string of the molecule is CCOC(=O)c1c(CBr)ccc(Br)c1C#N. The second-order valence-corrected chi connectivity index (χ2v) is 4.34. The van der Waals surface area contributed by atoms with Gasteiger partial charge in [0.05, 0.1) is 17.7 Å². The van der Waals surface area contributed by atoms with Crippen molar-refractivity contribution in [3.05, 3.63) is 33.3 Å². The topological polar surface area (TPSA) is 50.1 Å². The van der Waals surface area contributed by atoms with E-state index in [1.165, 1.54) is 0 Å². The Morgan fingerprint density at radius 2 is 2.25 bits per heavy atom. The van der Waals surface area contributed by atoms with Gasteiger partial charge in [0.2, 0.25) is 0 Å². The van der Waals surface area contributed by atoms with Gasteiger partial charge in [-0.15, -0.1) is 0 Å². The summed E-state index contributed by atoms with van der Waals surface area (Å²) in [6, 6.07) is 5.54. The summed E-state index contributed by atoms with van der Waals surface area (Å²) in [6.07, 6.45) is 0. The summed E-state index contributed by atoms with van der Waals surface area (Å²) in [5.74, 6) is -0.463. The van der Waals surface area contributed by atoms with Crippen LogP contribution in [0.15, 0.2) is 16.6 Å². The number of nitrogens with zero attached hydrogens (tertiary/aromatic N) is 1. The largest absolute Gasteiger partial charge is 0.462 e. The molecule has 1 aromatic carbocycles. The van der Waals surface area contributed by atoms with Crippen LogP contribution in [0.2, 0.25) is 0 Å². The van der Waals surface area contributed by atoms with Gasteiger partial charge in [-0.1, -0.05) is 22.0 Å². The maximum Gasteiger partial charge on any atom is 0.339 e. The molecular formula is C11H9Br2NO2. The van der Waals surface area contributed by atoms with E-state index in [2.05, 4.69) is 31.9 Å². The van der Waals surface area contributed by atoms with Gasteiger partial charge in [-0.25, -0.2) is 4.79 Å². The minimum Gasteiger partial charge on any atom is -0.462 e. The fourth-order valence-electron chi connectivity index (χ4n) is 1.28. The fourth-order valence-corrected chi connectivity index (χ4v) is 2.16. The molecule has 84 valence electrons. The van der Waals surface area contributed by atoms with Crippen LogP contribution in [0.25, 0.3) is 0 Å². The maximum atomic E-state index is 11.7. The van der Waals surface area contributed by atoms with Gasteiger partial charge in [0.1, 0.15) is 6.07 Å². The molecule has 1 rings (SSSR count). The van der Waals surface area contributed by atoms with Crippen molar-refractivity contribution in [1.29, 1.82) is 5.26 Å². The van der Waals surface area contributed by atoms with E-state index in [1.807, 2.05) is 6.07 Å². The molecule has 5 heteroatoms. The molecule has 16 heavy (non-hydrogen) atoms. The lowest BCUT2D eigenvalue weighted by Gasteiger charge is -2.09. The number of halogens is 2. The molecule has 1 aromatic rings. The van der Waals surface area contributed by atoms with E-state index in [4.69, 9.17) is 10.00 Å². The van der Waals surface area contributed by atoms with Crippen molar-refractivity contribution in [3.63, 3.8) is 0 Å². The zero-order chi connectivity index (χ0) is 12.1. The molecule has 0 saturated carbocycles. The van der Waals surface area contributed by atoms with Crippen LogP contribution >= 0.6 is 31.9 Å². The second kappa shape index (κ2) is 6.02. The summed E-state index contributed by atoms with van der Waals surface area (Å²) in [4.78, 5) is 11.7. The lowest BCUT2D eigenvalue weighted by Crippen LogP contribution is -2.10. The van der Waals surface area contributed by atoms with Gasteiger partial charge < -0.3 is 4.74 Å². The first-order valence-corrected chi connectivity index (χ1v) is 6.51. The highest BCUT2D eigenvalue weighted by Crippen LogP contribution is 2.25. The van der Waals surface area contributed by atoms with E-state index in [0.717, 1.165) is 5.56 Å². The van der Waals surface area contributed by atoms with Gasteiger partial charge >= 0.3 is 5.97 Å².